The van der Waals surface area contributed by atoms with Gasteiger partial charge in [0.05, 0.1) is 24.8 Å². The summed E-state index contributed by atoms with van der Waals surface area (Å²) in [5.41, 5.74) is 2.89. The maximum Gasteiger partial charge on any atom is 0.160 e. The topological polar surface area (TPSA) is 73.6 Å². The lowest BCUT2D eigenvalue weighted by Crippen LogP contribution is -2.13. The van der Waals surface area contributed by atoms with Crippen LogP contribution in [0.15, 0.2) is 67.6 Å². The van der Waals surface area contributed by atoms with Gasteiger partial charge in [-0.1, -0.05) is 18.2 Å². The molecular weight excluding hydrogens is 314 g/mol. The number of nitrogens with zero attached hydrogens (tertiary/aromatic N) is 5. The average molecular weight is 329 g/mol. The first kappa shape index (κ1) is 15.1. The van der Waals surface area contributed by atoms with Crippen LogP contribution >= 0.6 is 0 Å². The number of pyridine rings is 1. The summed E-state index contributed by atoms with van der Waals surface area (Å²) in [6, 6.07) is 9.91. The number of aromatic nitrogens is 5. The predicted octanol–water partition coefficient (Wildman–Crippen LogP) is 2.70. The van der Waals surface area contributed by atoms with Crippen molar-refractivity contribution in [2.75, 3.05) is 0 Å². The standard InChI is InChI=1S/C19H15N5O/c25-17(12-24-7-6-21-13-24)9-19-22-11-16-4-3-14(8-18(16)23-19)15-2-1-5-20-10-15/h1-8,10-11,13H,9,12H2. The van der Waals surface area contributed by atoms with Crippen LogP contribution in [-0.2, 0) is 17.8 Å². The summed E-state index contributed by atoms with van der Waals surface area (Å²) in [6.45, 7) is 0.275. The molecular formula is C19H15N5O. The molecule has 0 N–H and O–H groups in total. The highest BCUT2D eigenvalue weighted by atomic mass is 16.1. The van der Waals surface area contributed by atoms with Crippen LogP contribution in [0.25, 0.3) is 22.0 Å². The van der Waals surface area contributed by atoms with Gasteiger partial charge in [0.15, 0.2) is 5.78 Å². The van der Waals surface area contributed by atoms with Gasteiger partial charge in [0.1, 0.15) is 5.82 Å². The van der Waals surface area contributed by atoms with Crippen LogP contribution in [0.1, 0.15) is 5.82 Å². The fourth-order valence-electron chi connectivity index (χ4n) is 2.68. The first-order valence-electron chi connectivity index (χ1n) is 7.91. The van der Waals surface area contributed by atoms with E-state index in [4.69, 9.17) is 0 Å². The molecule has 4 aromatic rings. The molecule has 0 atom stereocenters. The number of rotatable bonds is 5. The second-order valence-corrected chi connectivity index (χ2v) is 5.75. The number of fused-ring (bicyclic) bond motifs is 1. The normalized spacial score (nSPS) is 10.9. The number of imidazole rings is 1. The number of hydrogen-bond donors (Lipinski definition) is 0. The fourth-order valence-corrected chi connectivity index (χ4v) is 2.68. The predicted molar refractivity (Wildman–Crippen MR) is 93.7 cm³/mol. The highest BCUT2D eigenvalue weighted by molar-refractivity contribution is 5.84. The van der Waals surface area contributed by atoms with E-state index in [0.717, 1.165) is 22.0 Å². The summed E-state index contributed by atoms with van der Waals surface area (Å²) in [6.07, 6.45) is 10.6. The molecule has 0 spiro atoms. The SMILES string of the molecule is O=C(Cc1ncc2ccc(-c3cccnc3)cc2n1)Cn1ccnc1. The summed E-state index contributed by atoms with van der Waals surface area (Å²) in [5.74, 6) is 0.571. The first-order chi connectivity index (χ1) is 12.3. The summed E-state index contributed by atoms with van der Waals surface area (Å²) >= 11 is 0. The highest BCUT2D eigenvalue weighted by Crippen LogP contribution is 2.22. The Morgan fingerprint density at radius 2 is 2.00 bits per heavy atom. The van der Waals surface area contributed by atoms with E-state index < -0.39 is 0 Å². The van der Waals surface area contributed by atoms with Crippen molar-refractivity contribution >= 4 is 16.7 Å². The molecule has 0 saturated heterocycles. The Labute approximate surface area is 144 Å². The summed E-state index contributed by atoms with van der Waals surface area (Å²) < 4.78 is 1.74. The van der Waals surface area contributed by atoms with E-state index in [1.165, 1.54) is 0 Å². The van der Waals surface area contributed by atoms with Gasteiger partial charge in [0, 0.05) is 41.9 Å². The van der Waals surface area contributed by atoms with Crippen molar-refractivity contribution in [3.05, 3.63) is 73.5 Å². The molecule has 0 saturated carbocycles. The van der Waals surface area contributed by atoms with Gasteiger partial charge in [0.25, 0.3) is 0 Å². The quantitative estimate of drug-likeness (QED) is 0.563. The summed E-state index contributed by atoms with van der Waals surface area (Å²) in [5, 5.41) is 0.943. The minimum atomic E-state index is 0.0424. The minimum absolute atomic E-state index is 0.0424. The third kappa shape index (κ3) is 3.42. The molecule has 122 valence electrons. The van der Waals surface area contributed by atoms with Gasteiger partial charge in [0.2, 0.25) is 0 Å². The number of benzene rings is 1. The second kappa shape index (κ2) is 6.60. The zero-order chi connectivity index (χ0) is 17.1. The lowest BCUT2D eigenvalue weighted by molar-refractivity contribution is -0.119. The molecule has 0 amide bonds. The van der Waals surface area contributed by atoms with Crippen molar-refractivity contribution in [2.24, 2.45) is 0 Å². The van der Waals surface area contributed by atoms with E-state index in [1.54, 1.807) is 35.7 Å². The van der Waals surface area contributed by atoms with Crippen molar-refractivity contribution in [3.8, 4) is 11.1 Å². The number of Topliss-reactive ketones (excluding diaryl/α,β-unsaturated/α-hetero) is 1. The number of carbonyl (C=O) groups is 1. The molecule has 0 radical (unpaired) electrons. The zero-order valence-corrected chi connectivity index (χ0v) is 13.4. The Morgan fingerprint density at radius 1 is 1.04 bits per heavy atom. The Kier molecular flexibility index (Phi) is 4.00. The van der Waals surface area contributed by atoms with E-state index in [1.807, 2.05) is 36.5 Å². The molecule has 0 fully saturated rings. The zero-order valence-electron chi connectivity index (χ0n) is 13.4. The molecule has 25 heavy (non-hydrogen) atoms. The van der Waals surface area contributed by atoms with Gasteiger partial charge >= 0.3 is 0 Å². The maximum atomic E-state index is 12.2. The van der Waals surface area contributed by atoms with E-state index in [2.05, 4.69) is 19.9 Å². The number of hydrogen-bond acceptors (Lipinski definition) is 5. The summed E-state index contributed by atoms with van der Waals surface area (Å²) in [4.78, 5) is 29.1. The third-order valence-electron chi connectivity index (χ3n) is 3.90. The van der Waals surface area contributed by atoms with Gasteiger partial charge in [-0.15, -0.1) is 0 Å². The minimum Gasteiger partial charge on any atom is -0.330 e. The number of carbonyl (C=O) groups excluding carboxylic acids is 1. The van der Waals surface area contributed by atoms with Crippen molar-refractivity contribution in [3.63, 3.8) is 0 Å². The smallest absolute Gasteiger partial charge is 0.160 e. The molecule has 3 heterocycles. The van der Waals surface area contributed by atoms with Crippen LogP contribution in [0.3, 0.4) is 0 Å². The van der Waals surface area contributed by atoms with E-state index in [9.17, 15) is 4.79 Å². The van der Waals surface area contributed by atoms with Crippen LogP contribution in [-0.4, -0.2) is 30.3 Å². The Balaban J connectivity index is 1.59. The molecule has 6 heteroatoms. The van der Waals surface area contributed by atoms with Crippen LogP contribution < -0.4 is 0 Å². The fraction of sp³-hybridized carbons (Fsp3) is 0.105. The third-order valence-corrected chi connectivity index (χ3v) is 3.90. The van der Waals surface area contributed by atoms with Crippen molar-refractivity contribution in [1.82, 2.24) is 24.5 Å². The molecule has 0 bridgehead atoms. The molecule has 0 aliphatic heterocycles. The first-order valence-corrected chi connectivity index (χ1v) is 7.91. The summed E-state index contributed by atoms with van der Waals surface area (Å²) in [7, 11) is 0. The number of ketones is 1. The average Bonchev–Trinajstić information content (AvgIpc) is 3.14. The Morgan fingerprint density at radius 3 is 2.80 bits per heavy atom. The van der Waals surface area contributed by atoms with E-state index in [0.29, 0.717) is 5.82 Å². The van der Waals surface area contributed by atoms with Crippen molar-refractivity contribution < 1.29 is 4.79 Å². The van der Waals surface area contributed by atoms with Crippen LogP contribution in [0, 0.1) is 0 Å². The Bertz CT molecular complexity index is 1010. The second-order valence-electron chi connectivity index (χ2n) is 5.75. The highest BCUT2D eigenvalue weighted by Gasteiger charge is 2.09. The van der Waals surface area contributed by atoms with Gasteiger partial charge < -0.3 is 4.57 Å². The molecule has 1 aromatic carbocycles. The molecule has 0 aliphatic rings. The van der Waals surface area contributed by atoms with Gasteiger partial charge in [-0.25, -0.2) is 15.0 Å². The van der Waals surface area contributed by atoms with Gasteiger partial charge in [-0.05, 0) is 17.7 Å². The van der Waals surface area contributed by atoms with E-state index >= 15 is 0 Å². The lowest BCUT2D eigenvalue weighted by Gasteiger charge is -2.05. The van der Waals surface area contributed by atoms with Crippen LogP contribution in [0.2, 0.25) is 0 Å². The molecule has 3 aromatic heterocycles. The monoisotopic (exact) mass is 329 g/mol. The molecule has 0 aliphatic carbocycles. The molecule has 0 unspecified atom stereocenters. The van der Waals surface area contributed by atoms with Crippen LogP contribution in [0.4, 0.5) is 0 Å². The Hall–Kier alpha value is -3.41. The van der Waals surface area contributed by atoms with Crippen molar-refractivity contribution in [2.45, 2.75) is 13.0 Å². The van der Waals surface area contributed by atoms with Gasteiger partial charge in [-0.2, -0.15) is 0 Å². The van der Waals surface area contributed by atoms with Crippen molar-refractivity contribution in [1.29, 1.82) is 0 Å². The van der Waals surface area contributed by atoms with Gasteiger partial charge in [-0.3, -0.25) is 9.78 Å². The van der Waals surface area contributed by atoms with Crippen LogP contribution in [0.5, 0.6) is 0 Å². The lowest BCUT2D eigenvalue weighted by atomic mass is 10.1. The molecule has 6 nitrogen and oxygen atoms in total. The maximum absolute atomic E-state index is 12.2. The van der Waals surface area contributed by atoms with E-state index in [-0.39, 0.29) is 18.7 Å². The largest absolute Gasteiger partial charge is 0.330 e. The molecule has 4 rings (SSSR count).